The van der Waals surface area contributed by atoms with E-state index in [9.17, 15) is 12.6 Å². The molecule has 0 spiro atoms. The van der Waals surface area contributed by atoms with Crippen LogP contribution in [0.2, 0.25) is 0 Å². The van der Waals surface area contributed by atoms with Crippen LogP contribution < -0.4 is 4.13 Å². The molecule has 7 heteroatoms. The molecule has 94 valence electrons. The number of sulfonamides is 1. The van der Waals surface area contributed by atoms with E-state index in [0.29, 0.717) is 4.48 Å². The highest BCUT2D eigenvalue weighted by Crippen LogP contribution is 2.11. The van der Waals surface area contributed by atoms with Gasteiger partial charge in [0, 0.05) is 4.48 Å². The molecule has 0 heterocycles. The molecular formula is C10H12BrNO3S2. The fourth-order valence-corrected chi connectivity index (χ4v) is 4.06. The van der Waals surface area contributed by atoms with Gasteiger partial charge in [-0.1, -0.05) is 40.2 Å². The fraction of sp³-hybridized carbons (Fsp3) is 0.200. The summed E-state index contributed by atoms with van der Waals surface area (Å²) < 4.78 is 37.6. The smallest absolute Gasteiger partial charge is 0.242 e. The van der Waals surface area contributed by atoms with E-state index >= 15 is 0 Å². The van der Waals surface area contributed by atoms with Gasteiger partial charge in [0.1, 0.15) is 11.0 Å². The van der Waals surface area contributed by atoms with Crippen molar-refractivity contribution < 1.29 is 12.6 Å². The Bertz CT molecular complexity index is 537. The van der Waals surface area contributed by atoms with Crippen molar-refractivity contribution in [3.05, 3.63) is 40.9 Å². The second-order valence-corrected chi connectivity index (χ2v) is 7.65. The molecule has 0 radical (unpaired) electrons. The number of benzene rings is 1. The zero-order valence-electron chi connectivity index (χ0n) is 9.14. The fourth-order valence-electron chi connectivity index (χ4n) is 1.06. The van der Waals surface area contributed by atoms with E-state index in [1.165, 1.54) is 12.1 Å². The molecule has 0 saturated heterocycles. The Morgan fingerprint density at radius 3 is 2.41 bits per heavy atom. The van der Waals surface area contributed by atoms with E-state index in [0.717, 1.165) is 5.56 Å². The summed E-state index contributed by atoms with van der Waals surface area (Å²) in [5.41, 5.74) is 0.957. The van der Waals surface area contributed by atoms with Crippen LogP contribution in [-0.4, -0.2) is 18.4 Å². The Kier molecular flexibility index (Phi) is 5.05. The van der Waals surface area contributed by atoms with Crippen LogP contribution in [0.5, 0.6) is 0 Å². The zero-order valence-corrected chi connectivity index (χ0v) is 12.4. The number of aryl methyl sites for hydroxylation is 1. The molecule has 0 aliphatic heterocycles. The number of nitrogens with one attached hydrogen (secondary N) is 1. The average molecular weight is 338 g/mol. The SMILES string of the molecule is C=C(Br)CS(=O)NS(=O)(=O)c1ccc(C)cc1. The lowest BCUT2D eigenvalue weighted by molar-refractivity contribution is 0.592. The van der Waals surface area contributed by atoms with Gasteiger partial charge in [-0.05, 0) is 19.1 Å². The van der Waals surface area contributed by atoms with Crippen LogP contribution in [-0.2, 0) is 21.0 Å². The van der Waals surface area contributed by atoms with Crippen LogP contribution in [0.3, 0.4) is 0 Å². The highest BCUT2D eigenvalue weighted by molar-refractivity contribution is 9.11. The van der Waals surface area contributed by atoms with Gasteiger partial charge >= 0.3 is 0 Å². The minimum absolute atomic E-state index is 0.0328. The molecule has 1 rings (SSSR count). The predicted octanol–water partition coefficient (Wildman–Crippen LogP) is 1.85. The monoisotopic (exact) mass is 337 g/mol. The van der Waals surface area contributed by atoms with Gasteiger partial charge in [-0.3, -0.25) is 0 Å². The van der Waals surface area contributed by atoms with Crippen LogP contribution in [0.4, 0.5) is 0 Å². The molecule has 1 unspecified atom stereocenters. The van der Waals surface area contributed by atoms with Gasteiger partial charge in [0.15, 0.2) is 0 Å². The summed E-state index contributed by atoms with van der Waals surface area (Å²) in [6, 6.07) is 6.30. The van der Waals surface area contributed by atoms with E-state index in [2.05, 4.69) is 26.6 Å². The molecule has 0 aliphatic rings. The van der Waals surface area contributed by atoms with Gasteiger partial charge < -0.3 is 0 Å². The predicted molar refractivity (Wildman–Crippen MR) is 72.6 cm³/mol. The number of halogens is 1. The zero-order chi connectivity index (χ0) is 13.1. The Labute approximate surface area is 112 Å². The first-order chi connectivity index (χ1) is 7.81. The molecule has 0 saturated carbocycles. The molecule has 0 aromatic heterocycles. The van der Waals surface area contributed by atoms with Crippen LogP contribution in [0.15, 0.2) is 40.2 Å². The van der Waals surface area contributed by atoms with Gasteiger partial charge in [-0.15, -0.1) is 4.13 Å². The molecule has 0 bridgehead atoms. The molecule has 1 N–H and O–H groups in total. The topological polar surface area (TPSA) is 63.2 Å². The second kappa shape index (κ2) is 5.90. The number of hydrogen-bond donors (Lipinski definition) is 1. The van der Waals surface area contributed by atoms with Crippen molar-refractivity contribution in [2.75, 3.05) is 5.75 Å². The van der Waals surface area contributed by atoms with Crippen LogP contribution in [0.25, 0.3) is 0 Å². The number of hydrogen-bond acceptors (Lipinski definition) is 3. The Morgan fingerprint density at radius 1 is 1.41 bits per heavy atom. The molecule has 1 atom stereocenters. The van der Waals surface area contributed by atoms with Gasteiger partial charge in [0.05, 0.1) is 10.6 Å². The van der Waals surface area contributed by atoms with Gasteiger partial charge in [0.2, 0.25) is 0 Å². The molecule has 1 aromatic rings. The van der Waals surface area contributed by atoms with Gasteiger partial charge in [-0.25, -0.2) is 12.6 Å². The third-order valence-electron chi connectivity index (χ3n) is 1.82. The summed E-state index contributed by atoms with van der Waals surface area (Å²) in [6.45, 7) is 5.36. The minimum atomic E-state index is -3.73. The first-order valence-electron chi connectivity index (χ1n) is 4.62. The van der Waals surface area contributed by atoms with Gasteiger partial charge in [-0.2, -0.15) is 0 Å². The summed E-state index contributed by atoms with van der Waals surface area (Å²) in [6.07, 6.45) is 0. The van der Waals surface area contributed by atoms with Crippen molar-refractivity contribution in [2.45, 2.75) is 11.8 Å². The molecule has 0 fully saturated rings. The summed E-state index contributed by atoms with van der Waals surface area (Å²) in [5.74, 6) is 0.0328. The highest BCUT2D eigenvalue weighted by Gasteiger charge is 2.16. The normalized spacial score (nSPS) is 13.3. The molecule has 4 nitrogen and oxygen atoms in total. The van der Waals surface area contributed by atoms with Crippen molar-refractivity contribution in [3.63, 3.8) is 0 Å². The maximum absolute atomic E-state index is 11.8. The van der Waals surface area contributed by atoms with Crippen molar-refractivity contribution >= 4 is 36.9 Å². The van der Waals surface area contributed by atoms with Crippen LogP contribution in [0.1, 0.15) is 5.56 Å². The molecule has 0 aliphatic carbocycles. The molecule has 1 aromatic carbocycles. The largest absolute Gasteiger partial charge is 0.251 e. The maximum atomic E-state index is 11.8. The number of rotatable bonds is 5. The van der Waals surface area contributed by atoms with E-state index < -0.39 is 21.0 Å². The first kappa shape index (κ1) is 14.6. The minimum Gasteiger partial charge on any atom is -0.242 e. The third kappa shape index (κ3) is 4.71. The average Bonchev–Trinajstić information content (AvgIpc) is 2.15. The quantitative estimate of drug-likeness (QED) is 0.891. The van der Waals surface area contributed by atoms with Crippen molar-refractivity contribution in [2.24, 2.45) is 0 Å². The second-order valence-electron chi connectivity index (χ2n) is 3.41. The summed E-state index contributed by atoms with van der Waals surface area (Å²) in [5, 5.41) is 0. The third-order valence-corrected chi connectivity index (χ3v) is 5.60. The Balaban J connectivity index is 2.86. The molecule has 17 heavy (non-hydrogen) atoms. The lowest BCUT2D eigenvalue weighted by Crippen LogP contribution is -2.27. The summed E-state index contributed by atoms with van der Waals surface area (Å²) in [4.78, 5) is 0.0941. The Hall–Kier alpha value is -0.500. The summed E-state index contributed by atoms with van der Waals surface area (Å²) in [7, 11) is -5.44. The van der Waals surface area contributed by atoms with Gasteiger partial charge in [0.25, 0.3) is 10.0 Å². The lowest BCUT2D eigenvalue weighted by atomic mass is 10.2. The standard InChI is InChI=1S/C10H12BrNO3S2/c1-8-3-5-10(6-4-8)17(14,15)12-16(13)7-9(2)11/h3-6,12H,2,7H2,1H3. The van der Waals surface area contributed by atoms with E-state index in [-0.39, 0.29) is 10.6 Å². The Morgan fingerprint density at radius 2 is 1.94 bits per heavy atom. The highest BCUT2D eigenvalue weighted by atomic mass is 79.9. The summed E-state index contributed by atoms with van der Waals surface area (Å²) >= 11 is 3.03. The van der Waals surface area contributed by atoms with E-state index in [4.69, 9.17) is 0 Å². The van der Waals surface area contributed by atoms with Crippen molar-refractivity contribution in [3.8, 4) is 0 Å². The molecular weight excluding hydrogens is 326 g/mol. The van der Waals surface area contributed by atoms with Crippen LogP contribution in [0, 0.1) is 6.92 Å². The molecule has 0 amide bonds. The van der Waals surface area contributed by atoms with Crippen LogP contribution >= 0.6 is 15.9 Å². The maximum Gasteiger partial charge on any atom is 0.251 e. The van der Waals surface area contributed by atoms with Crippen molar-refractivity contribution in [1.82, 2.24) is 4.13 Å². The van der Waals surface area contributed by atoms with E-state index in [1.54, 1.807) is 12.1 Å². The van der Waals surface area contributed by atoms with E-state index in [1.807, 2.05) is 6.92 Å². The lowest BCUT2D eigenvalue weighted by Gasteiger charge is -2.06. The van der Waals surface area contributed by atoms with Crippen molar-refractivity contribution in [1.29, 1.82) is 0 Å². The first-order valence-corrected chi connectivity index (χ1v) is 8.21.